The first-order valence-corrected chi connectivity index (χ1v) is 5.16. The van der Waals surface area contributed by atoms with E-state index in [1.54, 1.807) is 0 Å². The summed E-state index contributed by atoms with van der Waals surface area (Å²) in [7, 11) is 0. The fraction of sp³-hybridized carbons (Fsp3) is 0.889. The summed E-state index contributed by atoms with van der Waals surface area (Å²) < 4.78 is 5.33. The van der Waals surface area contributed by atoms with E-state index in [2.05, 4.69) is 5.32 Å². The van der Waals surface area contributed by atoms with Crippen LogP contribution in [0.3, 0.4) is 0 Å². The minimum absolute atomic E-state index is 0.0253. The number of halogens is 1. The number of carbonyl (C=O) groups excluding carboxylic acids is 1. The summed E-state index contributed by atoms with van der Waals surface area (Å²) in [5.41, 5.74) is 0. The van der Waals surface area contributed by atoms with Gasteiger partial charge in [-0.05, 0) is 13.3 Å². The summed E-state index contributed by atoms with van der Waals surface area (Å²) in [6.45, 7) is 4.54. The maximum absolute atomic E-state index is 11.4. The molecule has 4 heteroatoms. The zero-order valence-corrected chi connectivity index (χ0v) is 8.80. The summed E-state index contributed by atoms with van der Waals surface area (Å²) >= 11 is 5.58. The molecule has 1 N–H and O–H groups in total. The van der Waals surface area contributed by atoms with Crippen LogP contribution in [0.2, 0.25) is 0 Å². The van der Waals surface area contributed by atoms with Gasteiger partial charge in [0.05, 0.1) is 12.1 Å². The molecule has 1 heterocycles. The van der Waals surface area contributed by atoms with Gasteiger partial charge in [-0.15, -0.1) is 11.6 Å². The Morgan fingerprint density at radius 3 is 2.92 bits per heavy atom. The fourth-order valence-electron chi connectivity index (χ4n) is 1.32. The van der Waals surface area contributed by atoms with E-state index in [0.717, 1.165) is 13.0 Å². The highest BCUT2D eigenvalue weighted by Crippen LogP contribution is 2.13. The van der Waals surface area contributed by atoms with Crippen molar-refractivity contribution in [1.29, 1.82) is 0 Å². The van der Waals surface area contributed by atoms with Crippen LogP contribution in [-0.2, 0) is 9.53 Å². The molecular weight excluding hydrogens is 190 g/mol. The summed E-state index contributed by atoms with van der Waals surface area (Å²) in [5.74, 6) is 0.278. The Labute approximate surface area is 83.8 Å². The normalized spacial score (nSPS) is 30.1. The van der Waals surface area contributed by atoms with Gasteiger partial charge in [-0.25, -0.2) is 0 Å². The van der Waals surface area contributed by atoms with Crippen molar-refractivity contribution in [3.05, 3.63) is 0 Å². The molecule has 1 amide bonds. The summed E-state index contributed by atoms with van der Waals surface area (Å²) in [4.78, 5) is 11.4. The Morgan fingerprint density at radius 2 is 2.46 bits per heavy atom. The van der Waals surface area contributed by atoms with Crippen molar-refractivity contribution < 1.29 is 9.53 Å². The highest BCUT2D eigenvalue weighted by atomic mass is 35.5. The van der Waals surface area contributed by atoms with Crippen LogP contribution in [0.15, 0.2) is 0 Å². The van der Waals surface area contributed by atoms with E-state index < -0.39 is 0 Å². The number of nitrogens with one attached hydrogen (secondary N) is 1. The van der Waals surface area contributed by atoms with Crippen LogP contribution in [0.25, 0.3) is 0 Å². The van der Waals surface area contributed by atoms with Crippen LogP contribution in [0.4, 0.5) is 0 Å². The first kappa shape index (κ1) is 10.8. The van der Waals surface area contributed by atoms with Gasteiger partial charge < -0.3 is 10.1 Å². The van der Waals surface area contributed by atoms with Gasteiger partial charge in [-0.3, -0.25) is 4.79 Å². The van der Waals surface area contributed by atoms with Crippen molar-refractivity contribution in [1.82, 2.24) is 5.32 Å². The number of alkyl halides is 1. The van der Waals surface area contributed by atoms with Crippen LogP contribution < -0.4 is 5.32 Å². The van der Waals surface area contributed by atoms with Crippen molar-refractivity contribution in [2.45, 2.75) is 32.4 Å². The summed E-state index contributed by atoms with van der Waals surface area (Å²) in [5, 5.41) is 2.93. The summed E-state index contributed by atoms with van der Waals surface area (Å²) in [6.07, 6.45) is 1.04. The summed E-state index contributed by atoms with van der Waals surface area (Å²) in [6, 6.07) is 0.165. The molecule has 0 aliphatic carbocycles. The van der Waals surface area contributed by atoms with Crippen molar-refractivity contribution in [3.8, 4) is 0 Å². The van der Waals surface area contributed by atoms with E-state index in [1.165, 1.54) is 0 Å². The van der Waals surface area contributed by atoms with E-state index in [-0.39, 0.29) is 24.0 Å². The van der Waals surface area contributed by atoms with E-state index in [4.69, 9.17) is 16.3 Å². The Kier molecular flexibility index (Phi) is 4.00. The molecule has 0 aromatic heterocycles. The van der Waals surface area contributed by atoms with Gasteiger partial charge in [-0.2, -0.15) is 0 Å². The van der Waals surface area contributed by atoms with E-state index >= 15 is 0 Å². The molecule has 0 bridgehead atoms. The number of hydrogen-bond donors (Lipinski definition) is 1. The van der Waals surface area contributed by atoms with Gasteiger partial charge >= 0.3 is 0 Å². The third-order valence-corrected chi connectivity index (χ3v) is 2.85. The zero-order valence-electron chi connectivity index (χ0n) is 8.05. The van der Waals surface area contributed by atoms with Crippen LogP contribution >= 0.6 is 11.6 Å². The molecule has 1 aliphatic heterocycles. The van der Waals surface area contributed by atoms with Crippen molar-refractivity contribution in [3.63, 3.8) is 0 Å². The SMILES string of the molecule is CC(CCl)C(=O)NC1CCOC1C. The Bertz CT molecular complexity index is 186. The maximum Gasteiger partial charge on any atom is 0.224 e. The first-order valence-electron chi connectivity index (χ1n) is 4.63. The molecule has 3 nitrogen and oxygen atoms in total. The molecule has 1 saturated heterocycles. The van der Waals surface area contributed by atoms with Crippen molar-refractivity contribution in [2.75, 3.05) is 12.5 Å². The molecule has 3 unspecified atom stereocenters. The third kappa shape index (κ3) is 2.85. The molecule has 13 heavy (non-hydrogen) atoms. The van der Waals surface area contributed by atoms with E-state index in [1.807, 2.05) is 13.8 Å². The predicted molar refractivity (Wildman–Crippen MR) is 51.8 cm³/mol. The molecular formula is C9H16ClNO2. The second-order valence-corrected chi connectivity index (χ2v) is 3.84. The predicted octanol–water partition coefficient (Wildman–Crippen LogP) is 1.15. The van der Waals surface area contributed by atoms with Crippen LogP contribution in [0.1, 0.15) is 20.3 Å². The zero-order chi connectivity index (χ0) is 9.84. The number of carbonyl (C=O) groups is 1. The highest BCUT2D eigenvalue weighted by molar-refractivity contribution is 6.19. The standard InChI is InChI=1S/C9H16ClNO2/c1-6(5-10)9(12)11-8-3-4-13-7(8)2/h6-8H,3-5H2,1-2H3,(H,11,12). The Morgan fingerprint density at radius 1 is 1.77 bits per heavy atom. The van der Waals surface area contributed by atoms with E-state index in [0.29, 0.717) is 5.88 Å². The maximum atomic E-state index is 11.4. The minimum atomic E-state index is -0.116. The Hall–Kier alpha value is -0.280. The van der Waals surface area contributed by atoms with Crippen molar-refractivity contribution in [2.24, 2.45) is 5.92 Å². The van der Waals surface area contributed by atoms with Crippen molar-refractivity contribution >= 4 is 17.5 Å². The monoisotopic (exact) mass is 205 g/mol. The second-order valence-electron chi connectivity index (χ2n) is 3.54. The number of ether oxygens (including phenoxy) is 1. The minimum Gasteiger partial charge on any atom is -0.376 e. The van der Waals surface area contributed by atoms with Gasteiger partial charge in [0.1, 0.15) is 0 Å². The molecule has 0 radical (unpaired) electrons. The van der Waals surface area contributed by atoms with Gasteiger partial charge in [0.25, 0.3) is 0 Å². The molecule has 1 fully saturated rings. The van der Waals surface area contributed by atoms with Gasteiger partial charge in [-0.1, -0.05) is 6.92 Å². The molecule has 1 aliphatic rings. The fourth-order valence-corrected chi connectivity index (χ4v) is 1.46. The number of amides is 1. The van der Waals surface area contributed by atoms with Gasteiger partial charge in [0, 0.05) is 18.4 Å². The molecule has 3 atom stereocenters. The molecule has 0 spiro atoms. The average molecular weight is 206 g/mol. The van der Waals surface area contributed by atoms with Gasteiger partial charge in [0.15, 0.2) is 0 Å². The van der Waals surface area contributed by atoms with Crippen LogP contribution in [-0.4, -0.2) is 30.5 Å². The van der Waals surface area contributed by atoms with Crippen LogP contribution in [0, 0.1) is 5.92 Å². The third-order valence-electron chi connectivity index (χ3n) is 2.38. The first-order chi connectivity index (χ1) is 6.15. The number of rotatable bonds is 3. The van der Waals surface area contributed by atoms with Gasteiger partial charge in [0.2, 0.25) is 5.91 Å². The molecule has 0 aromatic carbocycles. The lowest BCUT2D eigenvalue weighted by Crippen LogP contribution is -2.42. The smallest absolute Gasteiger partial charge is 0.224 e. The lowest BCUT2D eigenvalue weighted by molar-refractivity contribution is -0.124. The highest BCUT2D eigenvalue weighted by Gasteiger charge is 2.26. The average Bonchev–Trinajstić information content (AvgIpc) is 2.50. The Balaban J connectivity index is 2.35. The lowest BCUT2D eigenvalue weighted by Gasteiger charge is -2.17. The molecule has 76 valence electrons. The number of hydrogen-bond acceptors (Lipinski definition) is 2. The van der Waals surface area contributed by atoms with E-state index in [9.17, 15) is 4.79 Å². The molecule has 1 rings (SSSR count). The quantitative estimate of drug-likeness (QED) is 0.703. The molecule has 0 saturated carbocycles. The molecule has 0 aromatic rings. The lowest BCUT2D eigenvalue weighted by atomic mass is 10.1. The topological polar surface area (TPSA) is 38.3 Å². The van der Waals surface area contributed by atoms with Crippen LogP contribution in [0.5, 0.6) is 0 Å². The second kappa shape index (κ2) is 4.82. The largest absolute Gasteiger partial charge is 0.376 e.